The van der Waals surface area contributed by atoms with Crippen molar-refractivity contribution in [3.05, 3.63) is 48.2 Å². The highest BCUT2D eigenvalue weighted by atomic mass is 19.1. The molecule has 1 amide bonds. The summed E-state index contributed by atoms with van der Waals surface area (Å²) < 4.78 is 13.4. The first-order chi connectivity index (χ1) is 13.6. The molecule has 1 aliphatic heterocycles. The third-order valence-corrected chi connectivity index (χ3v) is 5.83. The first-order valence-corrected chi connectivity index (χ1v) is 9.43. The van der Waals surface area contributed by atoms with Crippen molar-refractivity contribution in [2.45, 2.75) is 24.8 Å². The number of H-pyrrole nitrogens is 1. The van der Waals surface area contributed by atoms with Crippen LogP contribution in [0.2, 0.25) is 0 Å². The van der Waals surface area contributed by atoms with Gasteiger partial charge in [0.15, 0.2) is 0 Å². The molecule has 28 heavy (non-hydrogen) atoms. The lowest BCUT2D eigenvalue weighted by atomic mass is 10.1. The predicted octanol–water partition coefficient (Wildman–Crippen LogP) is 2.10. The zero-order valence-corrected chi connectivity index (χ0v) is 15.4. The van der Waals surface area contributed by atoms with Crippen LogP contribution in [-0.2, 0) is 11.2 Å². The predicted molar refractivity (Wildman–Crippen MR) is 104 cm³/mol. The molecule has 2 aliphatic rings. The second-order valence-electron chi connectivity index (χ2n) is 7.66. The van der Waals surface area contributed by atoms with Crippen molar-refractivity contribution in [1.29, 1.82) is 0 Å². The molecule has 144 valence electrons. The van der Waals surface area contributed by atoms with Gasteiger partial charge in [-0.05, 0) is 36.6 Å². The third kappa shape index (κ3) is 2.76. The fourth-order valence-corrected chi connectivity index (χ4v) is 4.20. The molecule has 0 atom stereocenters. The van der Waals surface area contributed by atoms with Gasteiger partial charge >= 0.3 is 0 Å². The molecule has 3 heterocycles. The van der Waals surface area contributed by atoms with Crippen LogP contribution >= 0.6 is 0 Å². The Kier molecular flexibility index (Phi) is 3.75. The quantitative estimate of drug-likeness (QED) is 0.679. The molecule has 1 saturated heterocycles. The molecule has 1 saturated carbocycles. The van der Waals surface area contributed by atoms with Gasteiger partial charge in [-0.1, -0.05) is 6.07 Å². The van der Waals surface area contributed by atoms with E-state index in [1.165, 1.54) is 6.07 Å². The smallest absolute Gasteiger partial charge is 0.227 e. The van der Waals surface area contributed by atoms with Gasteiger partial charge in [-0.15, -0.1) is 0 Å². The number of fused-ring (bicyclic) bond motifs is 1. The van der Waals surface area contributed by atoms with Gasteiger partial charge in [-0.25, -0.2) is 14.4 Å². The molecule has 0 radical (unpaired) electrons. The summed E-state index contributed by atoms with van der Waals surface area (Å²) in [5.74, 6) is 0.526. The molecule has 1 aromatic carbocycles. The number of amides is 1. The summed E-state index contributed by atoms with van der Waals surface area (Å²) in [6.07, 6.45) is 5.65. The Morgan fingerprint density at radius 2 is 2.11 bits per heavy atom. The largest absolute Gasteiger partial charge is 0.396 e. The van der Waals surface area contributed by atoms with Crippen molar-refractivity contribution in [3.8, 4) is 0 Å². The van der Waals surface area contributed by atoms with Crippen LogP contribution in [0.5, 0.6) is 0 Å². The Labute approximate surface area is 161 Å². The maximum Gasteiger partial charge on any atom is 0.227 e. The van der Waals surface area contributed by atoms with Gasteiger partial charge in [-0.3, -0.25) is 4.79 Å². The normalized spacial score (nSPS) is 18.0. The summed E-state index contributed by atoms with van der Waals surface area (Å²) in [4.78, 5) is 29.1. The molecule has 3 aromatic rings. The maximum absolute atomic E-state index is 13.4. The van der Waals surface area contributed by atoms with E-state index < -0.39 is 5.82 Å². The number of hydrogen-bond donors (Lipinski definition) is 2. The molecule has 2 fully saturated rings. The molecule has 1 spiro atoms. The lowest BCUT2D eigenvalue weighted by Crippen LogP contribution is -2.57. The van der Waals surface area contributed by atoms with Crippen molar-refractivity contribution in [2.24, 2.45) is 0 Å². The monoisotopic (exact) mass is 380 g/mol. The average Bonchev–Trinajstić information content (AvgIpc) is 3.26. The zero-order valence-electron chi connectivity index (χ0n) is 15.4. The molecule has 0 bridgehead atoms. The summed E-state index contributed by atoms with van der Waals surface area (Å²) in [5, 5.41) is 1.000. The Bertz CT molecular complexity index is 1060. The van der Waals surface area contributed by atoms with Crippen molar-refractivity contribution in [2.75, 3.05) is 30.3 Å². The molecule has 2 aromatic heterocycles. The van der Waals surface area contributed by atoms with Gasteiger partial charge in [0.2, 0.25) is 5.91 Å². The second-order valence-corrected chi connectivity index (χ2v) is 7.66. The molecular formula is C20H21FN6O. The number of rotatable bonds is 3. The van der Waals surface area contributed by atoms with Gasteiger partial charge in [0.25, 0.3) is 0 Å². The number of nitrogen functional groups attached to an aromatic ring is 1. The SMILES string of the molecule is Nc1cc(CC(=O)N2CCN(c3ncnc4[nH]ccc34)CC23CC3)ccc1F. The lowest BCUT2D eigenvalue weighted by Gasteiger charge is -2.43. The lowest BCUT2D eigenvalue weighted by molar-refractivity contribution is -0.134. The number of halogens is 1. The van der Waals surface area contributed by atoms with E-state index in [9.17, 15) is 9.18 Å². The molecule has 7 nitrogen and oxygen atoms in total. The van der Waals surface area contributed by atoms with E-state index in [0.717, 1.165) is 48.3 Å². The maximum atomic E-state index is 13.4. The average molecular weight is 380 g/mol. The minimum atomic E-state index is -0.454. The van der Waals surface area contributed by atoms with E-state index in [1.807, 2.05) is 17.2 Å². The number of benzene rings is 1. The summed E-state index contributed by atoms with van der Waals surface area (Å²) in [5.41, 5.74) is 7.15. The van der Waals surface area contributed by atoms with Crippen molar-refractivity contribution < 1.29 is 9.18 Å². The third-order valence-electron chi connectivity index (χ3n) is 5.83. The van der Waals surface area contributed by atoms with E-state index in [0.29, 0.717) is 6.54 Å². The van der Waals surface area contributed by atoms with Crippen LogP contribution in [0, 0.1) is 5.82 Å². The standard InChI is InChI=1S/C20H21FN6O/c21-15-2-1-13(9-16(15)22)10-17(28)27-8-7-26(11-20(27)4-5-20)19-14-3-6-23-18(14)24-12-25-19/h1-3,6,9,12H,4-5,7-8,10-11,22H2,(H,23,24,25). The highest BCUT2D eigenvalue weighted by Crippen LogP contribution is 2.45. The molecule has 3 N–H and O–H groups in total. The summed E-state index contributed by atoms with van der Waals surface area (Å²) in [7, 11) is 0. The van der Waals surface area contributed by atoms with Crippen LogP contribution in [0.4, 0.5) is 15.9 Å². The fraction of sp³-hybridized carbons (Fsp3) is 0.350. The van der Waals surface area contributed by atoms with Gasteiger partial charge in [0.05, 0.1) is 23.0 Å². The van der Waals surface area contributed by atoms with E-state index in [4.69, 9.17) is 5.73 Å². The number of aromatic amines is 1. The Hall–Kier alpha value is -3.16. The molecule has 8 heteroatoms. The summed E-state index contributed by atoms with van der Waals surface area (Å²) >= 11 is 0. The highest BCUT2D eigenvalue weighted by molar-refractivity contribution is 5.88. The molecular weight excluding hydrogens is 359 g/mol. The fourth-order valence-electron chi connectivity index (χ4n) is 4.20. The van der Waals surface area contributed by atoms with Gasteiger partial charge in [0.1, 0.15) is 23.6 Å². The van der Waals surface area contributed by atoms with Crippen molar-refractivity contribution in [1.82, 2.24) is 19.9 Å². The first kappa shape index (κ1) is 17.0. The van der Waals surface area contributed by atoms with E-state index >= 15 is 0 Å². The highest BCUT2D eigenvalue weighted by Gasteiger charge is 2.53. The molecule has 1 aliphatic carbocycles. The molecule has 0 unspecified atom stereocenters. The Balaban J connectivity index is 1.34. The van der Waals surface area contributed by atoms with Gasteiger partial charge < -0.3 is 20.5 Å². The Morgan fingerprint density at radius 1 is 1.25 bits per heavy atom. The first-order valence-electron chi connectivity index (χ1n) is 9.43. The number of anilines is 2. The number of carbonyl (C=O) groups is 1. The van der Waals surface area contributed by atoms with Gasteiger partial charge in [-0.2, -0.15) is 0 Å². The minimum Gasteiger partial charge on any atom is -0.396 e. The zero-order chi connectivity index (χ0) is 19.3. The number of nitrogens with two attached hydrogens (primary N) is 1. The van der Waals surface area contributed by atoms with Crippen LogP contribution in [-0.4, -0.2) is 50.9 Å². The number of nitrogens with one attached hydrogen (secondary N) is 1. The van der Waals surface area contributed by atoms with Crippen LogP contribution in [0.15, 0.2) is 36.8 Å². The Morgan fingerprint density at radius 3 is 2.89 bits per heavy atom. The molecule has 5 rings (SSSR count). The number of piperazine rings is 1. The van der Waals surface area contributed by atoms with Gasteiger partial charge in [0, 0.05) is 25.8 Å². The van der Waals surface area contributed by atoms with Crippen LogP contribution in [0.3, 0.4) is 0 Å². The number of hydrogen-bond acceptors (Lipinski definition) is 5. The van der Waals surface area contributed by atoms with E-state index in [-0.39, 0.29) is 23.6 Å². The number of aromatic nitrogens is 3. The summed E-state index contributed by atoms with van der Waals surface area (Å²) in [6.45, 7) is 2.13. The number of nitrogens with zero attached hydrogens (tertiary/aromatic N) is 4. The van der Waals surface area contributed by atoms with Crippen LogP contribution < -0.4 is 10.6 Å². The second kappa shape index (κ2) is 6.19. The van der Waals surface area contributed by atoms with Crippen LogP contribution in [0.25, 0.3) is 11.0 Å². The van der Waals surface area contributed by atoms with E-state index in [2.05, 4.69) is 19.9 Å². The minimum absolute atomic E-state index is 0.0673. The van der Waals surface area contributed by atoms with Crippen molar-refractivity contribution >= 4 is 28.4 Å². The number of carbonyl (C=O) groups excluding carboxylic acids is 1. The van der Waals surface area contributed by atoms with E-state index in [1.54, 1.807) is 18.5 Å². The van der Waals surface area contributed by atoms with Crippen LogP contribution in [0.1, 0.15) is 18.4 Å². The topological polar surface area (TPSA) is 91.1 Å². The van der Waals surface area contributed by atoms with Crippen molar-refractivity contribution in [3.63, 3.8) is 0 Å². The summed E-state index contributed by atoms with van der Waals surface area (Å²) in [6, 6.07) is 6.48.